The molecule has 0 aliphatic carbocycles. The summed E-state index contributed by atoms with van der Waals surface area (Å²) in [5.41, 5.74) is 2.23. The van der Waals surface area contributed by atoms with Gasteiger partial charge in [0.05, 0.1) is 0 Å². The van der Waals surface area contributed by atoms with Crippen LogP contribution in [0.1, 0.15) is 30.9 Å². The third-order valence-corrected chi connectivity index (χ3v) is 2.34. The van der Waals surface area contributed by atoms with Gasteiger partial charge < -0.3 is 0 Å². The lowest BCUT2D eigenvalue weighted by Crippen LogP contribution is -1.92. The summed E-state index contributed by atoms with van der Waals surface area (Å²) in [6, 6.07) is 2.01. The van der Waals surface area contributed by atoms with E-state index in [0.717, 1.165) is 12.0 Å². The van der Waals surface area contributed by atoms with Crippen molar-refractivity contribution in [2.75, 3.05) is 0 Å². The lowest BCUT2D eigenvalue weighted by atomic mass is 10.0. The topological polar surface area (TPSA) is 12.9 Å². The van der Waals surface area contributed by atoms with Gasteiger partial charge in [0.1, 0.15) is 5.15 Å². The van der Waals surface area contributed by atoms with Gasteiger partial charge in [-0.05, 0) is 24.5 Å². The molecule has 13 heavy (non-hydrogen) atoms. The van der Waals surface area contributed by atoms with Gasteiger partial charge in [0.15, 0.2) is 0 Å². The maximum atomic E-state index is 5.93. The first kappa shape index (κ1) is 10.3. The van der Waals surface area contributed by atoms with Gasteiger partial charge >= 0.3 is 0 Å². The standard InChI is InChI=1S/C11H14ClN/c1-3-5-6-9-7-8-13-11(12)10(9)4-2/h4,7-8H,2-3,5-6H2,1H3. The van der Waals surface area contributed by atoms with Crippen molar-refractivity contribution < 1.29 is 0 Å². The van der Waals surface area contributed by atoms with Gasteiger partial charge in [0.25, 0.3) is 0 Å². The number of rotatable bonds is 4. The molecule has 0 unspecified atom stereocenters. The Bertz CT molecular complexity index is 294. The molecule has 1 aromatic heterocycles. The van der Waals surface area contributed by atoms with Crippen molar-refractivity contribution in [3.05, 3.63) is 35.1 Å². The summed E-state index contributed by atoms with van der Waals surface area (Å²) in [5, 5.41) is 0.559. The number of halogens is 1. The van der Waals surface area contributed by atoms with Crippen LogP contribution >= 0.6 is 11.6 Å². The molecule has 2 heteroatoms. The second-order valence-electron chi connectivity index (χ2n) is 2.98. The van der Waals surface area contributed by atoms with Crippen molar-refractivity contribution >= 4 is 17.7 Å². The Morgan fingerprint density at radius 2 is 2.38 bits per heavy atom. The molecule has 0 aliphatic heterocycles. The summed E-state index contributed by atoms with van der Waals surface area (Å²) in [6.07, 6.45) is 6.96. The third kappa shape index (κ3) is 2.56. The van der Waals surface area contributed by atoms with Crippen molar-refractivity contribution in [2.45, 2.75) is 26.2 Å². The van der Waals surface area contributed by atoms with Crippen LogP contribution in [-0.4, -0.2) is 4.98 Å². The third-order valence-electron chi connectivity index (χ3n) is 2.04. The highest BCUT2D eigenvalue weighted by atomic mass is 35.5. The van der Waals surface area contributed by atoms with Gasteiger partial charge in [-0.3, -0.25) is 0 Å². The average molecular weight is 196 g/mol. The Morgan fingerprint density at radius 3 is 3.00 bits per heavy atom. The average Bonchev–Trinajstić information content (AvgIpc) is 2.15. The first-order valence-corrected chi connectivity index (χ1v) is 4.93. The van der Waals surface area contributed by atoms with Crippen molar-refractivity contribution in [1.82, 2.24) is 4.98 Å². The zero-order valence-corrected chi connectivity index (χ0v) is 8.64. The van der Waals surface area contributed by atoms with Gasteiger partial charge in [0.2, 0.25) is 0 Å². The normalized spacial score (nSPS) is 10.0. The van der Waals surface area contributed by atoms with Crippen LogP contribution in [0, 0.1) is 0 Å². The van der Waals surface area contributed by atoms with Crippen LogP contribution in [0.4, 0.5) is 0 Å². The minimum atomic E-state index is 0.559. The lowest BCUT2D eigenvalue weighted by Gasteiger charge is -2.05. The Hall–Kier alpha value is -0.820. The number of pyridine rings is 1. The highest BCUT2D eigenvalue weighted by Gasteiger charge is 2.03. The van der Waals surface area contributed by atoms with E-state index in [1.54, 1.807) is 12.3 Å². The van der Waals surface area contributed by atoms with Crippen LogP contribution in [0.25, 0.3) is 6.08 Å². The summed E-state index contributed by atoms with van der Waals surface area (Å²) in [7, 11) is 0. The molecule has 0 aliphatic rings. The molecule has 0 saturated carbocycles. The molecule has 1 heterocycles. The second kappa shape index (κ2) is 5.03. The van der Waals surface area contributed by atoms with Crippen molar-refractivity contribution in [2.24, 2.45) is 0 Å². The van der Waals surface area contributed by atoms with E-state index < -0.39 is 0 Å². The SMILES string of the molecule is C=Cc1c(CCCC)ccnc1Cl. The molecule has 0 saturated heterocycles. The summed E-state index contributed by atoms with van der Waals surface area (Å²) in [5.74, 6) is 0. The Morgan fingerprint density at radius 1 is 1.62 bits per heavy atom. The highest BCUT2D eigenvalue weighted by molar-refractivity contribution is 6.30. The quantitative estimate of drug-likeness (QED) is 0.668. The van der Waals surface area contributed by atoms with Crippen LogP contribution in [0.2, 0.25) is 5.15 Å². The summed E-state index contributed by atoms with van der Waals surface area (Å²) >= 11 is 5.93. The Balaban J connectivity index is 2.91. The molecule has 0 amide bonds. The van der Waals surface area contributed by atoms with Crippen molar-refractivity contribution in [1.29, 1.82) is 0 Å². The fourth-order valence-electron chi connectivity index (χ4n) is 1.29. The molecule has 0 spiro atoms. The molecule has 1 aromatic rings. The van der Waals surface area contributed by atoms with Crippen LogP contribution in [0.3, 0.4) is 0 Å². The summed E-state index contributed by atoms with van der Waals surface area (Å²) in [6.45, 7) is 5.91. The molecule has 0 aromatic carbocycles. The number of nitrogens with zero attached hydrogens (tertiary/aromatic N) is 1. The van der Waals surface area contributed by atoms with Gasteiger partial charge in [0, 0.05) is 11.8 Å². The number of unbranched alkanes of at least 4 members (excludes halogenated alkanes) is 1. The molecule has 0 N–H and O–H groups in total. The van der Waals surface area contributed by atoms with E-state index in [-0.39, 0.29) is 0 Å². The first-order chi connectivity index (χ1) is 6.29. The van der Waals surface area contributed by atoms with Crippen LogP contribution in [-0.2, 0) is 6.42 Å². The Kier molecular flexibility index (Phi) is 3.97. The van der Waals surface area contributed by atoms with E-state index in [0.29, 0.717) is 5.15 Å². The predicted molar refractivity (Wildman–Crippen MR) is 58.0 cm³/mol. The second-order valence-corrected chi connectivity index (χ2v) is 3.34. The van der Waals surface area contributed by atoms with E-state index in [1.807, 2.05) is 6.07 Å². The molecule has 0 bridgehead atoms. The van der Waals surface area contributed by atoms with E-state index in [4.69, 9.17) is 11.6 Å². The molecule has 1 nitrogen and oxygen atoms in total. The lowest BCUT2D eigenvalue weighted by molar-refractivity contribution is 0.793. The van der Waals surface area contributed by atoms with Gasteiger partial charge in [-0.1, -0.05) is 37.6 Å². The molecule has 0 atom stereocenters. The smallest absolute Gasteiger partial charge is 0.136 e. The Labute approximate surface area is 84.5 Å². The first-order valence-electron chi connectivity index (χ1n) is 4.55. The van der Waals surface area contributed by atoms with Crippen molar-refractivity contribution in [3.63, 3.8) is 0 Å². The summed E-state index contributed by atoms with van der Waals surface area (Å²) < 4.78 is 0. The molecule has 1 rings (SSSR count). The predicted octanol–water partition coefficient (Wildman–Crippen LogP) is 3.72. The van der Waals surface area contributed by atoms with Crippen LogP contribution in [0.15, 0.2) is 18.8 Å². The molecular formula is C11H14ClN. The minimum absolute atomic E-state index is 0.559. The van der Waals surface area contributed by atoms with Gasteiger partial charge in [-0.15, -0.1) is 0 Å². The summed E-state index contributed by atoms with van der Waals surface area (Å²) in [4.78, 5) is 4.01. The van der Waals surface area contributed by atoms with Crippen LogP contribution in [0.5, 0.6) is 0 Å². The van der Waals surface area contributed by atoms with E-state index in [9.17, 15) is 0 Å². The monoisotopic (exact) mass is 195 g/mol. The molecule has 70 valence electrons. The minimum Gasteiger partial charge on any atom is -0.244 e. The molecule has 0 radical (unpaired) electrons. The number of hydrogen-bond donors (Lipinski definition) is 0. The highest BCUT2D eigenvalue weighted by Crippen LogP contribution is 2.20. The maximum absolute atomic E-state index is 5.93. The number of aryl methyl sites for hydroxylation is 1. The van der Waals surface area contributed by atoms with Gasteiger partial charge in [-0.2, -0.15) is 0 Å². The fraction of sp³-hybridized carbons (Fsp3) is 0.364. The largest absolute Gasteiger partial charge is 0.244 e. The number of aromatic nitrogens is 1. The van der Waals surface area contributed by atoms with Crippen molar-refractivity contribution in [3.8, 4) is 0 Å². The fourth-order valence-corrected chi connectivity index (χ4v) is 1.54. The number of hydrogen-bond acceptors (Lipinski definition) is 1. The zero-order valence-electron chi connectivity index (χ0n) is 7.89. The molecular weight excluding hydrogens is 182 g/mol. The zero-order chi connectivity index (χ0) is 9.68. The van der Waals surface area contributed by atoms with Gasteiger partial charge in [-0.25, -0.2) is 4.98 Å². The van der Waals surface area contributed by atoms with Crippen LogP contribution < -0.4 is 0 Å². The van der Waals surface area contributed by atoms with E-state index >= 15 is 0 Å². The molecule has 0 fully saturated rings. The maximum Gasteiger partial charge on any atom is 0.136 e. The van der Waals surface area contributed by atoms with E-state index in [2.05, 4.69) is 18.5 Å². The van der Waals surface area contributed by atoms with E-state index in [1.165, 1.54) is 18.4 Å².